The molecule has 1 aliphatic rings. The molecule has 1 fully saturated rings. The average Bonchev–Trinajstić information content (AvgIpc) is 2.32. The molecular weight excluding hydrogens is 302 g/mol. The number of hydrogen-bond acceptors (Lipinski definition) is 4. The van der Waals surface area contributed by atoms with Crippen molar-refractivity contribution in [3.63, 3.8) is 0 Å². The first kappa shape index (κ1) is 19.3. The van der Waals surface area contributed by atoms with Crippen LogP contribution < -0.4 is 0 Å². The Morgan fingerprint density at radius 3 is 2.26 bits per heavy atom. The van der Waals surface area contributed by atoms with Gasteiger partial charge < -0.3 is 19.8 Å². The molecular formula is C16H27NO6. The monoisotopic (exact) mass is 329 g/mol. The summed E-state index contributed by atoms with van der Waals surface area (Å²) in [6, 6.07) is -0.675. The molecule has 0 radical (unpaired) electrons. The van der Waals surface area contributed by atoms with E-state index in [1.807, 2.05) is 13.8 Å². The number of hydrogen-bond donors (Lipinski definition) is 2. The summed E-state index contributed by atoms with van der Waals surface area (Å²) in [6.07, 6.45) is 0.0586. The van der Waals surface area contributed by atoms with Crippen molar-refractivity contribution in [1.29, 1.82) is 0 Å². The van der Waals surface area contributed by atoms with Gasteiger partial charge in [-0.1, -0.05) is 13.8 Å². The van der Waals surface area contributed by atoms with Crippen LogP contribution in [-0.4, -0.2) is 51.3 Å². The van der Waals surface area contributed by atoms with Gasteiger partial charge >= 0.3 is 18.0 Å². The maximum absolute atomic E-state index is 12.5. The van der Waals surface area contributed by atoms with Gasteiger partial charge in [0.2, 0.25) is 0 Å². The first-order valence-corrected chi connectivity index (χ1v) is 7.77. The van der Waals surface area contributed by atoms with Crippen LogP contribution in [0.15, 0.2) is 0 Å². The van der Waals surface area contributed by atoms with Crippen molar-refractivity contribution >= 4 is 18.0 Å². The highest BCUT2D eigenvalue weighted by molar-refractivity contribution is 5.79. The highest BCUT2D eigenvalue weighted by Gasteiger charge is 2.44. The molecule has 0 aromatic rings. The number of carboxylic acid groups (broad SMARTS) is 2. The van der Waals surface area contributed by atoms with Crippen LogP contribution in [0.3, 0.4) is 0 Å². The number of rotatable bonds is 4. The smallest absolute Gasteiger partial charge is 0.410 e. The molecule has 1 saturated heterocycles. The van der Waals surface area contributed by atoms with Crippen LogP contribution >= 0.6 is 0 Å². The van der Waals surface area contributed by atoms with Crippen LogP contribution in [0.4, 0.5) is 4.79 Å². The highest BCUT2D eigenvalue weighted by Crippen LogP contribution is 2.36. The van der Waals surface area contributed by atoms with Gasteiger partial charge in [0.25, 0.3) is 0 Å². The minimum Gasteiger partial charge on any atom is -0.481 e. The minimum atomic E-state index is -1.20. The van der Waals surface area contributed by atoms with Crippen molar-refractivity contribution < 1.29 is 29.3 Å². The second-order valence-electron chi connectivity index (χ2n) is 7.92. The summed E-state index contributed by atoms with van der Waals surface area (Å²) in [5.41, 5.74) is -0.867. The van der Waals surface area contributed by atoms with Crippen LogP contribution in [0.1, 0.15) is 53.9 Å². The lowest BCUT2D eigenvalue weighted by Gasteiger charge is -2.45. The Labute approximate surface area is 136 Å². The number of ether oxygens (including phenoxy) is 1. The van der Waals surface area contributed by atoms with Gasteiger partial charge in [0.15, 0.2) is 0 Å². The van der Waals surface area contributed by atoms with E-state index in [4.69, 9.17) is 9.84 Å². The summed E-state index contributed by atoms with van der Waals surface area (Å²) in [5.74, 6) is -3.53. The molecule has 2 unspecified atom stereocenters. The minimum absolute atomic E-state index is 0.167. The van der Waals surface area contributed by atoms with Crippen LogP contribution in [-0.2, 0) is 14.3 Å². The number of carboxylic acids is 2. The molecule has 0 saturated carbocycles. The molecule has 0 spiro atoms. The third-order valence-electron chi connectivity index (χ3n) is 3.92. The first-order valence-electron chi connectivity index (χ1n) is 7.77. The standard InChI is InChI=1S/C16H27NO6/c1-15(2,3)23-14(22)17-9-16(4,5)7-6-11(17)10(13(20)21)8-12(18)19/h10-11H,6-9H2,1-5H3,(H,18,19)(H,20,21). The zero-order chi connectivity index (χ0) is 18.0. The molecule has 0 aromatic carbocycles. The maximum Gasteiger partial charge on any atom is 0.410 e. The zero-order valence-corrected chi connectivity index (χ0v) is 14.5. The second-order valence-corrected chi connectivity index (χ2v) is 7.92. The van der Waals surface area contributed by atoms with Crippen LogP contribution in [0, 0.1) is 11.3 Å². The summed E-state index contributed by atoms with van der Waals surface area (Å²) in [7, 11) is 0. The number of piperidine rings is 1. The molecule has 1 amide bonds. The summed E-state index contributed by atoms with van der Waals surface area (Å²) < 4.78 is 5.38. The topological polar surface area (TPSA) is 104 Å². The number of amides is 1. The number of aliphatic carboxylic acids is 2. The molecule has 132 valence electrons. The van der Waals surface area contributed by atoms with E-state index >= 15 is 0 Å². The fourth-order valence-electron chi connectivity index (χ4n) is 2.87. The Balaban J connectivity index is 3.07. The Morgan fingerprint density at radius 1 is 1.26 bits per heavy atom. The fourth-order valence-corrected chi connectivity index (χ4v) is 2.87. The highest BCUT2D eigenvalue weighted by atomic mass is 16.6. The largest absolute Gasteiger partial charge is 0.481 e. The number of nitrogens with zero attached hydrogens (tertiary/aromatic N) is 1. The van der Waals surface area contributed by atoms with Gasteiger partial charge in [-0.15, -0.1) is 0 Å². The Kier molecular flexibility index (Phi) is 5.66. The van der Waals surface area contributed by atoms with Gasteiger partial charge in [-0.2, -0.15) is 0 Å². The van der Waals surface area contributed by atoms with E-state index in [0.717, 1.165) is 6.42 Å². The van der Waals surface area contributed by atoms with Crippen molar-refractivity contribution in [2.24, 2.45) is 11.3 Å². The molecule has 7 nitrogen and oxygen atoms in total. The van der Waals surface area contributed by atoms with Crippen molar-refractivity contribution in [3.8, 4) is 0 Å². The quantitative estimate of drug-likeness (QED) is 0.821. The second kappa shape index (κ2) is 6.76. The third kappa shape index (κ3) is 5.73. The van der Waals surface area contributed by atoms with Gasteiger partial charge in [-0.25, -0.2) is 4.79 Å². The molecule has 7 heteroatoms. The van der Waals surface area contributed by atoms with E-state index in [9.17, 15) is 19.5 Å². The molecule has 0 aliphatic carbocycles. The Bertz CT molecular complexity index is 479. The first-order chi connectivity index (χ1) is 10.3. The lowest BCUT2D eigenvalue weighted by molar-refractivity contribution is -0.152. The van der Waals surface area contributed by atoms with Gasteiger partial charge in [0.05, 0.1) is 12.3 Å². The predicted molar refractivity (Wildman–Crippen MR) is 83.1 cm³/mol. The molecule has 2 N–H and O–H groups in total. The van der Waals surface area contributed by atoms with Crippen LogP contribution in [0.25, 0.3) is 0 Å². The van der Waals surface area contributed by atoms with Gasteiger partial charge in [0, 0.05) is 12.6 Å². The van der Waals surface area contributed by atoms with Crippen LogP contribution in [0.5, 0.6) is 0 Å². The zero-order valence-electron chi connectivity index (χ0n) is 14.5. The average molecular weight is 329 g/mol. The molecule has 2 atom stereocenters. The van der Waals surface area contributed by atoms with E-state index < -0.39 is 42.0 Å². The van der Waals surface area contributed by atoms with Crippen molar-refractivity contribution in [2.75, 3.05) is 6.54 Å². The number of carbonyl (C=O) groups is 3. The maximum atomic E-state index is 12.5. The van der Waals surface area contributed by atoms with E-state index in [0.29, 0.717) is 13.0 Å². The Hall–Kier alpha value is -1.79. The number of likely N-dealkylation sites (tertiary alicyclic amines) is 1. The normalized spacial score (nSPS) is 22.3. The lowest BCUT2D eigenvalue weighted by Crippen LogP contribution is -2.55. The van der Waals surface area contributed by atoms with Gasteiger partial charge in [-0.05, 0) is 39.0 Å². The van der Waals surface area contributed by atoms with E-state index in [-0.39, 0.29) is 5.41 Å². The third-order valence-corrected chi connectivity index (χ3v) is 3.92. The van der Waals surface area contributed by atoms with Crippen molar-refractivity contribution in [2.45, 2.75) is 65.5 Å². The predicted octanol–water partition coefficient (Wildman–Crippen LogP) is 2.59. The van der Waals surface area contributed by atoms with E-state index in [1.165, 1.54) is 4.90 Å². The molecule has 0 bridgehead atoms. The summed E-state index contributed by atoms with van der Waals surface area (Å²) in [6.45, 7) is 9.54. The van der Waals surface area contributed by atoms with Crippen LogP contribution in [0.2, 0.25) is 0 Å². The SMILES string of the molecule is CC1(C)CCC(C(CC(=O)O)C(=O)O)N(C(=O)OC(C)(C)C)C1. The van der Waals surface area contributed by atoms with Crippen molar-refractivity contribution in [1.82, 2.24) is 4.90 Å². The van der Waals surface area contributed by atoms with E-state index in [1.54, 1.807) is 20.8 Å². The van der Waals surface area contributed by atoms with E-state index in [2.05, 4.69) is 0 Å². The summed E-state index contributed by atoms with van der Waals surface area (Å²) >= 11 is 0. The Morgan fingerprint density at radius 2 is 1.83 bits per heavy atom. The summed E-state index contributed by atoms with van der Waals surface area (Å²) in [4.78, 5) is 36.4. The molecule has 23 heavy (non-hydrogen) atoms. The lowest BCUT2D eigenvalue weighted by atomic mass is 9.77. The number of carbonyl (C=O) groups excluding carboxylic acids is 1. The molecule has 0 aromatic heterocycles. The van der Waals surface area contributed by atoms with Gasteiger partial charge in [-0.3, -0.25) is 9.59 Å². The van der Waals surface area contributed by atoms with Gasteiger partial charge in [0.1, 0.15) is 5.60 Å². The molecule has 1 heterocycles. The molecule has 1 rings (SSSR count). The molecule has 1 aliphatic heterocycles. The fraction of sp³-hybridized carbons (Fsp3) is 0.812. The van der Waals surface area contributed by atoms with Crippen molar-refractivity contribution in [3.05, 3.63) is 0 Å². The summed E-state index contributed by atoms with van der Waals surface area (Å²) in [5, 5.41) is 18.4.